The lowest BCUT2D eigenvalue weighted by molar-refractivity contribution is -0.120. The number of likely N-dealkylation sites (N-methyl/N-ethyl adjacent to an activating group) is 1. The Morgan fingerprint density at radius 2 is 1.73 bits per heavy atom. The van der Waals surface area contributed by atoms with E-state index in [1.165, 1.54) is 0 Å². The van der Waals surface area contributed by atoms with Crippen LogP contribution in [0, 0.1) is 0 Å². The van der Waals surface area contributed by atoms with E-state index in [0.717, 1.165) is 28.4 Å². The number of hydrogen-bond donors (Lipinski definition) is 1. The Labute approximate surface area is 152 Å². The van der Waals surface area contributed by atoms with Gasteiger partial charge >= 0.3 is 0 Å². The van der Waals surface area contributed by atoms with Gasteiger partial charge in [-0.2, -0.15) is 0 Å². The van der Waals surface area contributed by atoms with Crippen molar-refractivity contribution in [1.29, 1.82) is 0 Å². The van der Waals surface area contributed by atoms with Crippen molar-refractivity contribution in [2.75, 3.05) is 11.9 Å². The number of carbonyl (C=O) groups excluding carboxylic acids is 2. The van der Waals surface area contributed by atoms with E-state index in [1.54, 1.807) is 18.0 Å². The van der Waals surface area contributed by atoms with E-state index in [0.29, 0.717) is 12.0 Å². The fraction of sp³-hybridized carbons (Fsp3) is 0.182. The minimum Gasteiger partial charge on any atom is -0.340 e. The van der Waals surface area contributed by atoms with Crippen molar-refractivity contribution in [2.45, 2.75) is 18.9 Å². The van der Waals surface area contributed by atoms with Gasteiger partial charge in [-0.1, -0.05) is 48.5 Å². The van der Waals surface area contributed by atoms with Gasteiger partial charge in [0.05, 0.1) is 0 Å². The first kappa shape index (κ1) is 16.3. The van der Waals surface area contributed by atoms with Crippen molar-refractivity contribution in [1.82, 2.24) is 5.32 Å². The fourth-order valence-electron chi connectivity index (χ4n) is 3.53. The molecule has 3 aromatic rings. The molecule has 0 aliphatic carbocycles. The largest absolute Gasteiger partial charge is 0.340 e. The third-order valence-electron chi connectivity index (χ3n) is 5.00. The maximum atomic E-state index is 12.8. The van der Waals surface area contributed by atoms with Crippen LogP contribution in [0.15, 0.2) is 66.7 Å². The van der Waals surface area contributed by atoms with E-state index in [9.17, 15) is 9.59 Å². The summed E-state index contributed by atoms with van der Waals surface area (Å²) < 4.78 is 0. The molecule has 1 heterocycles. The number of anilines is 1. The molecule has 1 atom stereocenters. The Balaban J connectivity index is 1.56. The van der Waals surface area contributed by atoms with Gasteiger partial charge < -0.3 is 10.2 Å². The minimum atomic E-state index is -0.522. The minimum absolute atomic E-state index is 0.0795. The highest BCUT2D eigenvalue weighted by Gasteiger charge is 2.29. The normalized spacial score (nSPS) is 16.9. The van der Waals surface area contributed by atoms with Gasteiger partial charge in [-0.25, -0.2) is 0 Å². The number of benzene rings is 3. The predicted octanol–water partition coefficient (Wildman–Crippen LogP) is 3.55. The van der Waals surface area contributed by atoms with Gasteiger partial charge in [-0.05, 0) is 47.4 Å². The number of fused-ring (bicyclic) bond motifs is 2. The lowest BCUT2D eigenvalue weighted by Gasteiger charge is -2.22. The molecule has 0 fully saturated rings. The average Bonchev–Trinajstić information content (AvgIpc) is 2.80. The van der Waals surface area contributed by atoms with Crippen LogP contribution in [0.4, 0.5) is 5.69 Å². The van der Waals surface area contributed by atoms with Gasteiger partial charge in [-0.15, -0.1) is 0 Å². The van der Waals surface area contributed by atoms with Crippen LogP contribution in [0.2, 0.25) is 0 Å². The molecular formula is C22H20N2O2. The highest BCUT2D eigenvalue weighted by Crippen LogP contribution is 2.26. The van der Waals surface area contributed by atoms with E-state index >= 15 is 0 Å². The second-order valence-corrected chi connectivity index (χ2v) is 6.65. The third-order valence-corrected chi connectivity index (χ3v) is 5.00. The number of nitrogens with one attached hydrogen (secondary N) is 1. The molecule has 4 heteroatoms. The molecule has 1 aliphatic rings. The van der Waals surface area contributed by atoms with Crippen molar-refractivity contribution in [3.05, 3.63) is 77.9 Å². The topological polar surface area (TPSA) is 49.4 Å². The van der Waals surface area contributed by atoms with Crippen molar-refractivity contribution in [3.63, 3.8) is 0 Å². The molecule has 4 nitrogen and oxygen atoms in total. The van der Waals surface area contributed by atoms with Crippen LogP contribution < -0.4 is 10.2 Å². The van der Waals surface area contributed by atoms with E-state index in [2.05, 4.69) is 5.32 Å². The molecule has 2 amide bonds. The van der Waals surface area contributed by atoms with Gasteiger partial charge in [0.1, 0.15) is 6.04 Å². The molecule has 3 aromatic carbocycles. The first-order valence-electron chi connectivity index (χ1n) is 8.78. The summed E-state index contributed by atoms with van der Waals surface area (Å²) in [7, 11) is 1.77. The van der Waals surface area contributed by atoms with Crippen LogP contribution in [0.1, 0.15) is 22.3 Å². The fourth-order valence-corrected chi connectivity index (χ4v) is 3.53. The van der Waals surface area contributed by atoms with Crippen LogP contribution in [0.3, 0.4) is 0 Å². The van der Waals surface area contributed by atoms with Gasteiger partial charge in [-0.3, -0.25) is 9.59 Å². The van der Waals surface area contributed by atoms with Crippen LogP contribution in [0.25, 0.3) is 10.8 Å². The quantitative estimate of drug-likeness (QED) is 0.773. The standard InChI is InChI=1S/C22H20N2O2/c1-24-20-9-5-4-7-16(20)12-13-19(22(24)26)23-21(25)18-11-10-15-6-2-3-8-17(15)14-18/h2-11,14,19H,12-13H2,1H3,(H,23,25). The Kier molecular flexibility index (Phi) is 4.17. The summed E-state index contributed by atoms with van der Waals surface area (Å²) in [6.45, 7) is 0. The first-order chi connectivity index (χ1) is 12.6. The molecule has 1 N–H and O–H groups in total. The monoisotopic (exact) mass is 344 g/mol. The molecule has 130 valence electrons. The molecule has 0 bridgehead atoms. The molecule has 4 rings (SSSR count). The highest BCUT2D eigenvalue weighted by atomic mass is 16.2. The summed E-state index contributed by atoms with van der Waals surface area (Å²) in [5.74, 6) is -0.294. The molecule has 0 saturated carbocycles. The second kappa shape index (κ2) is 6.64. The molecule has 1 aliphatic heterocycles. The van der Waals surface area contributed by atoms with E-state index in [1.807, 2.05) is 60.7 Å². The SMILES string of the molecule is CN1C(=O)C(NC(=O)c2ccc3ccccc3c2)CCc2ccccc21. The number of para-hydroxylation sites is 1. The summed E-state index contributed by atoms with van der Waals surface area (Å²) in [5.41, 5.74) is 2.62. The van der Waals surface area contributed by atoms with Crippen molar-refractivity contribution < 1.29 is 9.59 Å². The van der Waals surface area contributed by atoms with Gasteiger partial charge in [0, 0.05) is 18.3 Å². The molecular weight excluding hydrogens is 324 g/mol. The van der Waals surface area contributed by atoms with Crippen LogP contribution >= 0.6 is 0 Å². The molecule has 26 heavy (non-hydrogen) atoms. The summed E-state index contributed by atoms with van der Waals surface area (Å²) in [6.07, 6.45) is 1.36. The van der Waals surface area contributed by atoms with Crippen LogP contribution in [0.5, 0.6) is 0 Å². The molecule has 0 spiro atoms. The van der Waals surface area contributed by atoms with E-state index in [-0.39, 0.29) is 11.8 Å². The van der Waals surface area contributed by atoms with Crippen molar-refractivity contribution in [3.8, 4) is 0 Å². The number of carbonyl (C=O) groups is 2. The maximum absolute atomic E-state index is 12.8. The Bertz CT molecular complexity index is 996. The number of amides is 2. The first-order valence-corrected chi connectivity index (χ1v) is 8.78. The summed E-state index contributed by atoms with van der Waals surface area (Å²) in [5, 5.41) is 5.02. The van der Waals surface area contributed by atoms with E-state index < -0.39 is 6.04 Å². The third kappa shape index (κ3) is 2.94. The molecule has 1 unspecified atom stereocenters. The van der Waals surface area contributed by atoms with Gasteiger partial charge in [0.25, 0.3) is 5.91 Å². The van der Waals surface area contributed by atoms with Crippen LogP contribution in [-0.2, 0) is 11.2 Å². The highest BCUT2D eigenvalue weighted by molar-refractivity contribution is 6.04. The van der Waals surface area contributed by atoms with Crippen molar-refractivity contribution >= 4 is 28.3 Å². The lowest BCUT2D eigenvalue weighted by atomic mass is 10.0. The Morgan fingerprint density at radius 1 is 1.00 bits per heavy atom. The smallest absolute Gasteiger partial charge is 0.251 e. The zero-order valence-electron chi connectivity index (χ0n) is 14.6. The maximum Gasteiger partial charge on any atom is 0.251 e. The summed E-state index contributed by atoms with van der Waals surface area (Å²) >= 11 is 0. The number of hydrogen-bond acceptors (Lipinski definition) is 2. The molecule has 0 saturated heterocycles. The van der Waals surface area contributed by atoms with Crippen molar-refractivity contribution in [2.24, 2.45) is 0 Å². The zero-order chi connectivity index (χ0) is 18.1. The predicted molar refractivity (Wildman–Crippen MR) is 103 cm³/mol. The number of aryl methyl sites for hydroxylation is 1. The molecule has 0 radical (unpaired) electrons. The lowest BCUT2D eigenvalue weighted by Crippen LogP contribution is -2.46. The number of nitrogens with zero attached hydrogens (tertiary/aromatic N) is 1. The van der Waals surface area contributed by atoms with Gasteiger partial charge in [0.15, 0.2) is 0 Å². The zero-order valence-corrected chi connectivity index (χ0v) is 14.6. The second-order valence-electron chi connectivity index (χ2n) is 6.65. The molecule has 0 aromatic heterocycles. The van der Waals surface area contributed by atoms with Gasteiger partial charge in [0.2, 0.25) is 5.91 Å². The Morgan fingerprint density at radius 3 is 2.58 bits per heavy atom. The summed E-state index contributed by atoms with van der Waals surface area (Å²) in [6, 6.07) is 20.9. The Hall–Kier alpha value is -3.14. The van der Waals surface area contributed by atoms with E-state index in [4.69, 9.17) is 0 Å². The average molecular weight is 344 g/mol. The summed E-state index contributed by atoms with van der Waals surface area (Å²) in [4.78, 5) is 27.2. The number of rotatable bonds is 2. The van der Waals surface area contributed by atoms with Crippen LogP contribution in [-0.4, -0.2) is 24.9 Å².